The van der Waals surface area contributed by atoms with Crippen LogP contribution in [0, 0.1) is 5.92 Å². The number of carboxylic acids is 1. The van der Waals surface area contributed by atoms with E-state index in [1.807, 2.05) is 31.2 Å². The lowest BCUT2D eigenvalue weighted by Gasteiger charge is -2.37. The van der Waals surface area contributed by atoms with E-state index in [1.165, 1.54) is 11.8 Å². The first-order valence-electron chi connectivity index (χ1n) is 7.33. The fourth-order valence-corrected chi connectivity index (χ4v) is 3.86. The number of carbonyl (C=O) groups excluding carboxylic acids is 1. The van der Waals surface area contributed by atoms with Gasteiger partial charge in [0.25, 0.3) is 0 Å². The Morgan fingerprint density at radius 1 is 1.45 bits per heavy atom. The van der Waals surface area contributed by atoms with Gasteiger partial charge in [-0.25, -0.2) is 0 Å². The molecule has 4 nitrogen and oxygen atoms in total. The van der Waals surface area contributed by atoms with Gasteiger partial charge in [0.05, 0.1) is 11.7 Å². The molecule has 1 N–H and O–H groups in total. The van der Waals surface area contributed by atoms with E-state index >= 15 is 0 Å². The van der Waals surface area contributed by atoms with E-state index in [4.69, 9.17) is 11.6 Å². The van der Waals surface area contributed by atoms with Crippen molar-refractivity contribution in [3.8, 4) is 0 Å². The summed E-state index contributed by atoms with van der Waals surface area (Å²) < 4.78 is 0. The van der Waals surface area contributed by atoms with Crippen molar-refractivity contribution in [1.29, 1.82) is 0 Å². The van der Waals surface area contributed by atoms with E-state index in [1.54, 1.807) is 4.90 Å². The number of amides is 1. The van der Waals surface area contributed by atoms with Crippen LogP contribution in [0.15, 0.2) is 24.3 Å². The number of carboxylic acid groups (broad SMARTS) is 1. The second kappa shape index (κ2) is 7.88. The highest BCUT2D eigenvalue weighted by atomic mass is 35.5. The zero-order valence-corrected chi connectivity index (χ0v) is 14.1. The van der Waals surface area contributed by atoms with Crippen molar-refractivity contribution in [3.63, 3.8) is 0 Å². The third kappa shape index (κ3) is 4.40. The van der Waals surface area contributed by atoms with E-state index in [-0.39, 0.29) is 11.9 Å². The van der Waals surface area contributed by atoms with Crippen LogP contribution < -0.4 is 0 Å². The topological polar surface area (TPSA) is 57.6 Å². The summed E-state index contributed by atoms with van der Waals surface area (Å²) in [5.41, 5.74) is 1.08. The summed E-state index contributed by atoms with van der Waals surface area (Å²) >= 11 is 7.46. The van der Waals surface area contributed by atoms with E-state index in [0.717, 1.165) is 17.7 Å². The van der Waals surface area contributed by atoms with E-state index in [9.17, 15) is 14.7 Å². The number of thioether (sulfide) groups is 1. The summed E-state index contributed by atoms with van der Waals surface area (Å²) in [6, 6.07) is 7.36. The SMILES string of the molecule is C[C@@H]1[C@H](C(=O)O)CCCN1C(=O)CSCc1cccc(Cl)c1. The number of hydrogen-bond donors (Lipinski definition) is 1. The van der Waals surface area contributed by atoms with Gasteiger partial charge >= 0.3 is 5.97 Å². The van der Waals surface area contributed by atoms with Gasteiger partial charge in [-0.1, -0.05) is 23.7 Å². The molecule has 2 atom stereocenters. The molecule has 0 aromatic heterocycles. The number of hydrogen-bond acceptors (Lipinski definition) is 3. The van der Waals surface area contributed by atoms with Gasteiger partial charge in [0.1, 0.15) is 0 Å². The standard InChI is InChI=1S/C16H20ClNO3S/c1-11-14(16(20)21)6-3-7-18(11)15(19)10-22-9-12-4-2-5-13(17)8-12/h2,4-5,8,11,14H,3,6-7,9-10H2,1H3,(H,20,21)/t11-,14-/m1/s1. The van der Waals surface area contributed by atoms with Gasteiger partial charge in [-0.15, -0.1) is 11.8 Å². The van der Waals surface area contributed by atoms with Crippen LogP contribution in [-0.4, -0.2) is 40.2 Å². The molecule has 1 fully saturated rings. The van der Waals surface area contributed by atoms with Crippen molar-refractivity contribution in [2.75, 3.05) is 12.3 Å². The van der Waals surface area contributed by atoms with Crippen LogP contribution in [0.5, 0.6) is 0 Å². The zero-order chi connectivity index (χ0) is 16.1. The summed E-state index contributed by atoms with van der Waals surface area (Å²) in [5, 5.41) is 9.90. The summed E-state index contributed by atoms with van der Waals surface area (Å²) in [6.07, 6.45) is 1.40. The Morgan fingerprint density at radius 2 is 2.23 bits per heavy atom. The van der Waals surface area contributed by atoms with Crippen LogP contribution >= 0.6 is 23.4 Å². The zero-order valence-electron chi connectivity index (χ0n) is 12.5. The number of aliphatic carboxylic acids is 1. The first-order chi connectivity index (χ1) is 10.5. The van der Waals surface area contributed by atoms with Crippen LogP contribution in [0.1, 0.15) is 25.3 Å². The second-order valence-electron chi connectivity index (χ2n) is 5.54. The lowest BCUT2D eigenvalue weighted by molar-refractivity contribution is -0.148. The first-order valence-corrected chi connectivity index (χ1v) is 8.86. The number of piperidine rings is 1. The minimum atomic E-state index is -0.809. The monoisotopic (exact) mass is 341 g/mol. The molecule has 1 aromatic rings. The van der Waals surface area contributed by atoms with E-state index < -0.39 is 11.9 Å². The molecule has 2 rings (SSSR count). The summed E-state index contributed by atoms with van der Waals surface area (Å²) in [7, 11) is 0. The lowest BCUT2D eigenvalue weighted by atomic mass is 9.90. The number of nitrogens with zero attached hydrogens (tertiary/aromatic N) is 1. The maximum atomic E-state index is 12.3. The summed E-state index contributed by atoms with van der Waals surface area (Å²) in [4.78, 5) is 25.2. The van der Waals surface area contributed by atoms with E-state index in [2.05, 4.69) is 0 Å². The summed E-state index contributed by atoms with van der Waals surface area (Å²) in [5.74, 6) is -0.155. The highest BCUT2D eigenvalue weighted by Crippen LogP contribution is 2.25. The number of halogens is 1. The lowest BCUT2D eigenvalue weighted by Crippen LogP contribution is -2.49. The number of carbonyl (C=O) groups is 2. The molecule has 0 aliphatic carbocycles. The molecule has 22 heavy (non-hydrogen) atoms. The Kier molecular flexibility index (Phi) is 6.15. The van der Waals surface area contributed by atoms with Crippen LogP contribution in [0.4, 0.5) is 0 Å². The molecular formula is C16H20ClNO3S. The largest absolute Gasteiger partial charge is 0.481 e. The molecule has 0 bridgehead atoms. The fourth-order valence-electron chi connectivity index (χ4n) is 2.79. The Morgan fingerprint density at radius 3 is 2.91 bits per heavy atom. The van der Waals surface area contributed by atoms with Crippen molar-refractivity contribution in [2.24, 2.45) is 5.92 Å². The quantitative estimate of drug-likeness (QED) is 0.892. The van der Waals surface area contributed by atoms with Crippen LogP contribution in [0.3, 0.4) is 0 Å². The molecule has 1 heterocycles. The second-order valence-corrected chi connectivity index (χ2v) is 6.96. The average Bonchev–Trinajstić information content (AvgIpc) is 2.47. The van der Waals surface area contributed by atoms with Crippen molar-refractivity contribution in [1.82, 2.24) is 4.90 Å². The van der Waals surface area contributed by atoms with Crippen LogP contribution in [0.2, 0.25) is 5.02 Å². The molecular weight excluding hydrogens is 322 g/mol. The highest BCUT2D eigenvalue weighted by Gasteiger charge is 2.34. The minimum absolute atomic E-state index is 0.0190. The third-order valence-corrected chi connectivity index (χ3v) is 5.23. The van der Waals surface area contributed by atoms with E-state index in [0.29, 0.717) is 23.7 Å². The number of rotatable bonds is 5. The molecule has 1 aromatic carbocycles. The Bertz CT molecular complexity index is 552. The van der Waals surface area contributed by atoms with Crippen molar-refractivity contribution in [2.45, 2.75) is 31.6 Å². The number of benzene rings is 1. The Labute approximate surface area is 139 Å². The highest BCUT2D eigenvalue weighted by molar-refractivity contribution is 7.99. The fraction of sp³-hybridized carbons (Fsp3) is 0.500. The van der Waals surface area contributed by atoms with Gasteiger partial charge in [-0.3, -0.25) is 9.59 Å². The molecule has 0 unspecified atom stereocenters. The molecule has 1 amide bonds. The smallest absolute Gasteiger partial charge is 0.308 e. The molecule has 0 saturated carbocycles. The minimum Gasteiger partial charge on any atom is -0.481 e. The molecule has 1 aliphatic rings. The predicted octanol–water partition coefficient (Wildman–Crippen LogP) is 3.28. The molecule has 0 radical (unpaired) electrons. The Hall–Kier alpha value is -1.20. The predicted molar refractivity (Wildman–Crippen MR) is 89.1 cm³/mol. The first kappa shape index (κ1) is 17.2. The van der Waals surface area contributed by atoms with Crippen molar-refractivity contribution in [3.05, 3.63) is 34.9 Å². The maximum absolute atomic E-state index is 12.3. The molecule has 120 valence electrons. The van der Waals surface area contributed by atoms with Crippen LogP contribution in [-0.2, 0) is 15.3 Å². The molecule has 0 spiro atoms. The van der Waals surface area contributed by atoms with Crippen molar-refractivity contribution < 1.29 is 14.7 Å². The molecule has 1 saturated heterocycles. The molecule has 6 heteroatoms. The van der Waals surface area contributed by atoms with Gasteiger partial charge < -0.3 is 10.0 Å². The Balaban J connectivity index is 1.85. The van der Waals surface area contributed by atoms with Crippen LogP contribution in [0.25, 0.3) is 0 Å². The molecule has 1 aliphatic heterocycles. The van der Waals surface area contributed by atoms with Gasteiger partial charge in [-0.05, 0) is 37.5 Å². The van der Waals surface area contributed by atoms with Gasteiger partial charge in [0, 0.05) is 23.4 Å². The van der Waals surface area contributed by atoms with Crippen molar-refractivity contribution >= 4 is 35.2 Å². The number of likely N-dealkylation sites (tertiary alicyclic amines) is 1. The van der Waals surface area contributed by atoms with Gasteiger partial charge in [0.15, 0.2) is 0 Å². The normalized spacial score (nSPS) is 21.6. The van der Waals surface area contributed by atoms with Gasteiger partial charge in [0.2, 0.25) is 5.91 Å². The third-order valence-electron chi connectivity index (χ3n) is 4.01. The maximum Gasteiger partial charge on any atom is 0.308 e. The van der Waals surface area contributed by atoms with Gasteiger partial charge in [-0.2, -0.15) is 0 Å². The summed E-state index contributed by atoms with van der Waals surface area (Å²) in [6.45, 7) is 2.49. The average molecular weight is 342 g/mol.